The Bertz CT molecular complexity index is 1300. The number of hydrogen-bond acceptors (Lipinski definition) is 11. The number of nitrogens with two attached hydrogens (primary N) is 1. The number of aliphatic carboxylic acids is 2. The molecular formula is C23H29N6O8S2+. The summed E-state index contributed by atoms with van der Waals surface area (Å²) in [7, 11) is 3.87. The Kier molecular flexibility index (Phi) is 7.75. The number of carboxylic acid groups (broad SMARTS) is 2. The first-order chi connectivity index (χ1) is 18.2. The van der Waals surface area contributed by atoms with Gasteiger partial charge in [0.05, 0.1) is 14.1 Å². The third-order valence-corrected chi connectivity index (χ3v) is 8.21. The highest BCUT2D eigenvalue weighted by Crippen LogP contribution is 2.41. The van der Waals surface area contributed by atoms with E-state index in [0.717, 1.165) is 29.2 Å². The second-order valence-corrected chi connectivity index (χ2v) is 12.0. The minimum atomic E-state index is -1.75. The number of oxime groups is 1. The number of quaternary nitrogens is 1. The number of anilines is 1. The molecule has 3 aliphatic heterocycles. The van der Waals surface area contributed by atoms with Gasteiger partial charge >= 0.3 is 11.9 Å². The minimum absolute atomic E-state index is 0.0330. The van der Waals surface area contributed by atoms with E-state index in [2.05, 4.69) is 15.5 Å². The van der Waals surface area contributed by atoms with Crippen molar-refractivity contribution in [2.24, 2.45) is 5.16 Å². The number of nitrogen functional groups attached to an aromatic ring is 1. The molecule has 0 aromatic carbocycles. The summed E-state index contributed by atoms with van der Waals surface area (Å²) in [5.41, 5.74) is 3.90. The molecule has 3 aliphatic rings. The number of allylic oxidation sites excluding steroid dienone is 1. The molecule has 210 valence electrons. The zero-order chi connectivity index (χ0) is 28.7. The first-order valence-corrected chi connectivity index (χ1v) is 13.8. The number of nitrogens with zero attached hydrogens (tertiary/aromatic N) is 4. The van der Waals surface area contributed by atoms with Crippen LogP contribution in [0.2, 0.25) is 0 Å². The van der Waals surface area contributed by atoms with Crippen LogP contribution in [-0.2, 0) is 28.9 Å². The van der Waals surface area contributed by atoms with Gasteiger partial charge in [0.25, 0.3) is 11.8 Å². The van der Waals surface area contributed by atoms with Crippen molar-refractivity contribution in [2.75, 3.05) is 32.1 Å². The van der Waals surface area contributed by atoms with Crippen molar-refractivity contribution < 1.29 is 43.7 Å². The fraction of sp³-hybridized carbons (Fsp3) is 0.478. The number of hydroxylamine groups is 3. The van der Waals surface area contributed by atoms with Crippen LogP contribution in [-0.4, -0.2) is 104 Å². The lowest BCUT2D eigenvalue weighted by molar-refractivity contribution is -1.06. The molecule has 0 bridgehead atoms. The normalized spacial score (nSPS) is 24.9. The van der Waals surface area contributed by atoms with E-state index in [0.29, 0.717) is 16.0 Å². The maximum atomic E-state index is 13.2. The summed E-state index contributed by atoms with van der Waals surface area (Å²) < 4.78 is 0.403. The molecule has 0 unspecified atom stereocenters. The number of carbonyl (C=O) groups is 4. The Morgan fingerprint density at radius 1 is 1.36 bits per heavy atom. The van der Waals surface area contributed by atoms with Crippen LogP contribution in [0.25, 0.3) is 0 Å². The number of β-lactam (4-membered cyclic amide) rings is 1. The van der Waals surface area contributed by atoms with Gasteiger partial charge in [-0.3, -0.25) is 14.5 Å². The van der Waals surface area contributed by atoms with Crippen molar-refractivity contribution in [1.82, 2.24) is 15.2 Å². The van der Waals surface area contributed by atoms with E-state index in [9.17, 15) is 29.4 Å². The minimum Gasteiger partial charge on any atom is -0.478 e. The second-order valence-electron chi connectivity index (χ2n) is 10.0. The van der Waals surface area contributed by atoms with E-state index in [-0.39, 0.29) is 28.3 Å². The van der Waals surface area contributed by atoms with Crippen molar-refractivity contribution in [3.05, 3.63) is 34.5 Å². The van der Waals surface area contributed by atoms with Crippen LogP contribution in [0.4, 0.5) is 5.13 Å². The molecule has 0 spiro atoms. The highest BCUT2D eigenvalue weighted by molar-refractivity contribution is 8.00. The molecule has 0 saturated carbocycles. The number of rotatable bonds is 9. The van der Waals surface area contributed by atoms with Gasteiger partial charge in [0.1, 0.15) is 35.5 Å². The molecular weight excluding hydrogens is 552 g/mol. The summed E-state index contributed by atoms with van der Waals surface area (Å²) in [5, 5.41) is 26.4. The van der Waals surface area contributed by atoms with E-state index < -0.39 is 40.8 Å². The number of hydrogen-bond donors (Lipinski definition) is 4. The molecule has 2 fully saturated rings. The van der Waals surface area contributed by atoms with E-state index in [1.165, 1.54) is 31.0 Å². The molecule has 14 nitrogen and oxygen atoms in total. The standard InChI is InChI=1S/C23H28N6O8S2/c1-23(2,21(34)35)37-27-14(13-10-39-22(24)25-13)17(30)26-15-18(31)28-16(20(32)33)11(9-38-19(15)28)5-6-12-7-8-29(3,4)36-12/h5-6,10,12,15,19H,7-9H2,1-4H3,(H4-,24,25,26,30,32,33,34,35)/p+1/b6-5+,27-14-/t12-,15+,19+/m0/s1. The highest BCUT2D eigenvalue weighted by atomic mass is 32.2. The van der Waals surface area contributed by atoms with Crippen LogP contribution in [0.3, 0.4) is 0 Å². The fourth-order valence-corrected chi connectivity index (χ4v) is 5.91. The average Bonchev–Trinajstić information content (AvgIpc) is 3.44. The van der Waals surface area contributed by atoms with Crippen LogP contribution in [0, 0.1) is 0 Å². The van der Waals surface area contributed by atoms with E-state index in [1.54, 1.807) is 12.2 Å². The van der Waals surface area contributed by atoms with Crippen molar-refractivity contribution in [2.45, 2.75) is 43.4 Å². The Morgan fingerprint density at radius 2 is 2.08 bits per heavy atom. The van der Waals surface area contributed by atoms with Crippen molar-refractivity contribution in [1.29, 1.82) is 0 Å². The number of fused-ring (bicyclic) bond motifs is 1. The second kappa shape index (κ2) is 10.6. The van der Waals surface area contributed by atoms with Gasteiger partial charge in [-0.2, -0.15) is 9.48 Å². The number of amides is 2. The Morgan fingerprint density at radius 3 is 2.64 bits per heavy atom. The van der Waals surface area contributed by atoms with Crippen molar-refractivity contribution >= 4 is 57.7 Å². The van der Waals surface area contributed by atoms with Gasteiger partial charge in [0.15, 0.2) is 10.8 Å². The number of carboxylic acids is 2. The van der Waals surface area contributed by atoms with E-state index in [4.69, 9.17) is 15.4 Å². The molecule has 2 saturated heterocycles. The van der Waals surface area contributed by atoms with Crippen LogP contribution in [0.5, 0.6) is 0 Å². The lowest BCUT2D eigenvalue weighted by atomic mass is 10.0. The molecule has 16 heteroatoms. The Hall–Kier alpha value is -3.47. The number of aromatic nitrogens is 1. The molecule has 39 heavy (non-hydrogen) atoms. The van der Waals surface area contributed by atoms with Gasteiger partial charge < -0.3 is 26.1 Å². The monoisotopic (exact) mass is 581 g/mol. The summed E-state index contributed by atoms with van der Waals surface area (Å²) in [6.45, 7) is 3.32. The maximum absolute atomic E-state index is 13.2. The van der Waals surface area contributed by atoms with Gasteiger partial charge in [-0.1, -0.05) is 11.2 Å². The summed E-state index contributed by atoms with van der Waals surface area (Å²) in [6.07, 6.45) is 4.10. The van der Waals surface area contributed by atoms with Crippen LogP contribution < -0.4 is 11.1 Å². The zero-order valence-corrected chi connectivity index (χ0v) is 23.2. The molecule has 5 N–H and O–H groups in total. The lowest BCUT2D eigenvalue weighted by Crippen LogP contribution is -2.71. The predicted octanol–water partition coefficient (Wildman–Crippen LogP) is 0.384. The molecule has 0 aliphatic carbocycles. The summed E-state index contributed by atoms with van der Waals surface area (Å²) in [6, 6.07) is -1.05. The third-order valence-electron chi connectivity index (χ3n) is 6.23. The SMILES string of the molecule is CC(C)(O/N=C(\C(=O)N[C@@H]1C(=O)N2C(C(=O)O)=C(/C=C/[C@H]3CC[N+](C)(C)O3)CS[C@H]12)c1csc(N)n1)C(=O)O. The first-order valence-electron chi connectivity index (χ1n) is 11.8. The molecule has 3 atom stereocenters. The summed E-state index contributed by atoms with van der Waals surface area (Å²) >= 11 is 2.33. The van der Waals surface area contributed by atoms with E-state index >= 15 is 0 Å². The topological polar surface area (TPSA) is 194 Å². The largest absolute Gasteiger partial charge is 0.478 e. The summed E-state index contributed by atoms with van der Waals surface area (Å²) in [5.74, 6) is -3.74. The molecule has 1 aromatic rings. The van der Waals surface area contributed by atoms with Crippen LogP contribution >= 0.6 is 23.1 Å². The summed E-state index contributed by atoms with van der Waals surface area (Å²) in [4.78, 5) is 65.9. The van der Waals surface area contributed by atoms with Gasteiger partial charge in [0, 0.05) is 17.6 Å². The van der Waals surface area contributed by atoms with Crippen LogP contribution in [0.1, 0.15) is 26.0 Å². The van der Waals surface area contributed by atoms with Crippen LogP contribution in [0.15, 0.2) is 34.0 Å². The number of nitrogens with one attached hydrogen (secondary N) is 1. The lowest BCUT2D eigenvalue weighted by Gasteiger charge is -2.49. The highest BCUT2D eigenvalue weighted by Gasteiger charge is 2.54. The van der Waals surface area contributed by atoms with Gasteiger partial charge in [-0.15, -0.1) is 23.1 Å². The average molecular weight is 582 g/mol. The fourth-order valence-electron chi connectivity index (χ4n) is 4.05. The molecule has 2 amide bonds. The number of carbonyl (C=O) groups excluding carboxylic acids is 2. The number of thioether (sulfide) groups is 1. The number of thiazole rings is 1. The van der Waals surface area contributed by atoms with Gasteiger partial charge in [-0.05, 0) is 25.5 Å². The quantitative estimate of drug-likeness (QED) is 0.136. The molecule has 1 aromatic heterocycles. The smallest absolute Gasteiger partial charge is 0.352 e. The van der Waals surface area contributed by atoms with Gasteiger partial charge in [0.2, 0.25) is 5.60 Å². The predicted molar refractivity (Wildman–Crippen MR) is 141 cm³/mol. The Balaban J connectivity index is 1.52. The van der Waals surface area contributed by atoms with Crippen molar-refractivity contribution in [3.8, 4) is 0 Å². The molecule has 4 rings (SSSR count). The first kappa shape index (κ1) is 28.5. The molecule has 4 heterocycles. The zero-order valence-electron chi connectivity index (χ0n) is 21.6. The molecule has 0 radical (unpaired) electrons. The van der Waals surface area contributed by atoms with E-state index in [1.807, 2.05) is 14.1 Å². The van der Waals surface area contributed by atoms with Crippen molar-refractivity contribution in [3.63, 3.8) is 0 Å². The van der Waals surface area contributed by atoms with Gasteiger partial charge in [-0.25, -0.2) is 14.6 Å². The maximum Gasteiger partial charge on any atom is 0.352 e. The Labute approximate surface area is 231 Å². The third kappa shape index (κ3) is 5.93.